The molecule has 1 fully saturated rings. The summed E-state index contributed by atoms with van der Waals surface area (Å²) >= 11 is 8.06. The molecule has 8 nitrogen and oxygen atoms in total. The third kappa shape index (κ3) is 9.01. The van der Waals surface area contributed by atoms with Gasteiger partial charge in [-0.3, -0.25) is 14.7 Å². The Morgan fingerprint density at radius 1 is 1.29 bits per heavy atom. The Morgan fingerprint density at radius 3 is 2.74 bits per heavy atom. The van der Waals surface area contributed by atoms with Gasteiger partial charge in [0.2, 0.25) is 0 Å². The third-order valence-electron chi connectivity index (χ3n) is 6.40. The number of nitrogens with one attached hydrogen (secondary N) is 2. The number of nitrogens with two attached hydrogens (primary N) is 2. The van der Waals surface area contributed by atoms with Crippen LogP contribution >= 0.6 is 23.4 Å². The van der Waals surface area contributed by atoms with Gasteiger partial charge in [-0.15, -0.1) is 0 Å². The molecule has 0 aliphatic carbocycles. The van der Waals surface area contributed by atoms with E-state index in [1.165, 1.54) is 15.9 Å². The number of allylic oxidation sites excluding steroid dienone is 2. The quantitative estimate of drug-likeness (QED) is 0.254. The predicted molar refractivity (Wildman–Crippen MR) is 161 cm³/mol. The lowest BCUT2D eigenvalue weighted by atomic mass is 9.96. The number of halogens is 1. The summed E-state index contributed by atoms with van der Waals surface area (Å²) in [6.07, 6.45) is 10.1. The minimum atomic E-state index is -0.241. The topological polar surface area (TPSA) is 122 Å². The van der Waals surface area contributed by atoms with Crippen LogP contribution in [0.15, 0.2) is 47.5 Å². The smallest absolute Gasteiger partial charge is 0.270 e. The SMILES string of the molecule is CC=C(CN1CCC(CNC(=O)c2cc(N)c(Cl)c(NCCCN)n2)CC1)SC(=CCC)c1ccccn1. The average molecular weight is 558 g/mol. The zero-order valence-corrected chi connectivity index (χ0v) is 24.0. The molecule has 6 N–H and O–H groups in total. The molecular weight excluding hydrogens is 518 g/mol. The highest BCUT2D eigenvalue weighted by Crippen LogP contribution is 2.34. The summed E-state index contributed by atoms with van der Waals surface area (Å²) in [5.74, 6) is 0.596. The first-order valence-electron chi connectivity index (χ1n) is 13.3. The molecule has 206 valence electrons. The molecule has 2 aromatic rings. The fraction of sp³-hybridized carbons (Fsp3) is 0.464. The van der Waals surface area contributed by atoms with Crippen molar-refractivity contribution in [1.29, 1.82) is 0 Å². The lowest BCUT2D eigenvalue weighted by molar-refractivity contribution is 0.0932. The number of rotatable bonds is 13. The fourth-order valence-electron chi connectivity index (χ4n) is 4.20. The summed E-state index contributed by atoms with van der Waals surface area (Å²) < 4.78 is 0. The number of nitrogens with zero attached hydrogens (tertiary/aromatic N) is 3. The van der Waals surface area contributed by atoms with E-state index in [9.17, 15) is 4.79 Å². The molecule has 1 amide bonds. The molecule has 1 aliphatic heterocycles. The van der Waals surface area contributed by atoms with Gasteiger partial charge in [-0.05, 0) is 81.3 Å². The number of piperidine rings is 1. The Kier molecular flexibility index (Phi) is 12.4. The van der Waals surface area contributed by atoms with Crippen molar-refractivity contribution in [2.24, 2.45) is 11.7 Å². The molecule has 0 aromatic carbocycles. The number of hydrogen-bond acceptors (Lipinski definition) is 8. The molecule has 0 radical (unpaired) electrons. The lowest BCUT2D eigenvalue weighted by Crippen LogP contribution is -2.39. The minimum absolute atomic E-state index is 0.241. The van der Waals surface area contributed by atoms with Gasteiger partial charge in [-0.1, -0.05) is 48.5 Å². The molecule has 1 aliphatic rings. The highest BCUT2D eigenvalue weighted by molar-refractivity contribution is 8.11. The largest absolute Gasteiger partial charge is 0.397 e. The summed E-state index contributed by atoms with van der Waals surface area (Å²) in [7, 11) is 0. The van der Waals surface area contributed by atoms with Crippen molar-refractivity contribution >= 4 is 45.7 Å². The molecule has 0 atom stereocenters. The second kappa shape index (κ2) is 15.7. The summed E-state index contributed by atoms with van der Waals surface area (Å²) in [6, 6.07) is 7.57. The molecule has 38 heavy (non-hydrogen) atoms. The number of carbonyl (C=O) groups is 1. The van der Waals surface area contributed by atoms with Crippen LogP contribution in [0.3, 0.4) is 0 Å². The van der Waals surface area contributed by atoms with Crippen molar-refractivity contribution in [3.63, 3.8) is 0 Å². The van der Waals surface area contributed by atoms with Crippen molar-refractivity contribution in [1.82, 2.24) is 20.2 Å². The van der Waals surface area contributed by atoms with Crippen molar-refractivity contribution in [3.8, 4) is 0 Å². The van der Waals surface area contributed by atoms with E-state index in [0.29, 0.717) is 42.1 Å². The number of hydrogen-bond donors (Lipinski definition) is 4. The third-order valence-corrected chi connectivity index (χ3v) is 8.02. The van der Waals surface area contributed by atoms with Crippen molar-refractivity contribution < 1.29 is 4.79 Å². The van der Waals surface area contributed by atoms with Crippen LogP contribution in [0.4, 0.5) is 11.5 Å². The number of amides is 1. The molecule has 0 saturated carbocycles. The van der Waals surface area contributed by atoms with Crippen molar-refractivity contribution in [2.45, 2.75) is 39.5 Å². The van der Waals surface area contributed by atoms with Crippen LogP contribution in [0.25, 0.3) is 4.91 Å². The van der Waals surface area contributed by atoms with Crippen molar-refractivity contribution in [3.05, 3.63) is 63.9 Å². The van der Waals surface area contributed by atoms with Gasteiger partial charge in [0.25, 0.3) is 5.91 Å². The second-order valence-electron chi connectivity index (χ2n) is 9.31. The number of thioether (sulfide) groups is 1. The van der Waals surface area contributed by atoms with Crippen LogP contribution < -0.4 is 22.1 Å². The van der Waals surface area contributed by atoms with Crippen LogP contribution in [0.5, 0.6) is 0 Å². The normalized spacial score (nSPS) is 15.5. The van der Waals surface area contributed by atoms with E-state index in [0.717, 1.165) is 51.0 Å². The maximum atomic E-state index is 12.8. The number of likely N-dealkylation sites (tertiary alicyclic amines) is 1. The second-order valence-corrected chi connectivity index (χ2v) is 10.9. The number of aromatic nitrogens is 2. The number of nitrogen functional groups attached to an aromatic ring is 1. The van der Waals surface area contributed by atoms with E-state index in [1.54, 1.807) is 11.8 Å². The summed E-state index contributed by atoms with van der Waals surface area (Å²) in [6.45, 7) is 8.94. The van der Waals surface area contributed by atoms with Crippen LogP contribution in [0.2, 0.25) is 5.02 Å². The minimum Gasteiger partial charge on any atom is -0.397 e. The first-order valence-corrected chi connectivity index (χ1v) is 14.5. The fourth-order valence-corrected chi connectivity index (χ4v) is 5.49. The first kappa shape index (κ1) is 30.0. The Labute approximate surface area is 235 Å². The molecule has 1 saturated heterocycles. The standard InChI is InChI=1S/C28H40ClN7OS/c1-3-8-25(23-9-5-6-13-32-23)38-21(4-2)19-36-15-10-20(11-16-36)18-34-28(37)24-17-22(31)26(29)27(35-24)33-14-7-12-30/h4-6,8-9,13,17,20H,3,7,10-12,14-16,18-19,30H2,1-2H3,(H,34,37)(H3,31,33,35). The molecule has 0 spiro atoms. The van der Waals surface area contributed by atoms with Crippen LogP contribution in [-0.4, -0.2) is 60.0 Å². The van der Waals surface area contributed by atoms with E-state index in [-0.39, 0.29) is 11.6 Å². The number of anilines is 2. The van der Waals surface area contributed by atoms with Crippen molar-refractivity contribution in [2.75, 3.05) is 50.3 Å². The molecule has 3 rings (SSSR count). The number of carbonyl (C=O) groups excluding carboxylic acids is 1. The summed E-state index contributed by atoms with van der Waals surface area (Å²) in [5, 5.41) is 6.47. The Morgan fingerprint density at radius 2 is 2.08 bits per heavy atom. The van der Waals surface area contributed by atoms with Crippen LogP contribution in [-0.2, 0) is 0 Å². The molecule has 3 heterocycles. The van der Waals surface area contributed by atoms with Gasteiger partial charge < -0.3 is 22.1 Å². The predicted octanol–water partition coefficient (Wildman–Crippen LogP) is 5.00. The van der Waals surface area contributed by atoms with E-state index in [1.807, 2.05) is 18.3 Å². The first-order chi connectivity index (χ1) is 18.4. The van der Waals surface area contributed by atoms with Gasteiger partial charge in [-0.2, -0.15) is 0 Å². The van der Waals surface area contributed by atoms with Gasteiger partial charge in [0.15, 0.2) is 0 Å². The molecule has 0 bridgehead atoms. The average Bonchev–Trinajstić information content (AvgIpc) is 2.94. The molecular formula is C28H40ClN7OS. The van der Waals surface area contributed by atoms with E-state index in [2.05, 4.69) is 57.6 Å². The van der Waals surface area contributed by atoms with Crippen LogP contribution in [0.1, 0.15) is 55.7 Å². The molecule has 2 aromatic heterocycles. The zero-order valence-electron chi connectivity index (χ0n) is 22.4. The highest BCUT2D eigenvalue weighted by atomic mass is 35.5. The summed E-state index contributed by atoms with van der Waals surface area (Å²) in [5.41, 5.74) is 13.2. The van der Waals surface area contributed by atoms with Gasteiger partial charge in [-0.25, -0.2) is 4.98 Å². The molecule has 10 heteroatoms. The highest BCUT2D eigenvalue weighted by Gasteiger charge is 2.22. The van der Waals surface area contributed by atoms with Gasteiger partial charge in [0.05, 0.1) is 11.4 Å². The molecule has 0 unspecified atom stereocenters. The summed E-state index contributed by atoms with van der Waals surface area (Å²) in [4.78, 5) is 26.7. The maximum Gasteiger partial charge on any atom is 0.270 e. The van der Waals surface area contributed by atoms with Gasteiger partial charge in [0.1, 0.15) is 16.5 Å². The van der Waals surface area contributed by atoms with E-state index >= 15 is 0 Å². The van der Waals surface area contributed by atoms with E-state index < -0.39 is 0 Å². The lowest BCUT2D eigenvalue weighted by Gasteiger charge is -2.32. The zero-order chi connectivity index (χ0) is 27.3. The van der Waals surface area contributed by atoms with Gasteiger partial charge in [0, 0.05) is 30.7 Å². The number of pyridine rings is 2. The Balaban J connectivity index is 1.48. The van der Waals surface area contributed by atoms with Gasteiger partial charge >= 0.3 is 0 Å². The monoisotopic (exact) mass is 557 g/mol. The van der Waals surface area contributed by atoms with Crippen LogP contribution in [0, 0.1) is 5.92 Å². The Hall–Kier alpha value is -2.59. The van der Waals surface area contributed by atoms with E-state index in [4.69, 9.17) is 23.1 Å². The maximum absolute atomic E-state index is 12.8. The Bertz CT molecular complexity index is 1100.